The van der Waals surface area contributed by atoms with Crippen LogP contribution in [0.1, 0.15) is 29.2 Å². The fourth-order valence-corrected chi connectivity index (χ4v) is 3.85. The summed E-state index contributed by atoms with van der Waals surface area (Å²) in [5, 5.41) is 0. The van der Waals surface area contributed by atoms with E-state index in [-0.39, 0.29) is 12.5 Å². The molecular formula is C30H34F3NO5. The molecule has 0 bridgehead atoms. The highest BCUT2D eigenvalue weighted by atomic mass is 19.4. The quantitative estimate of drug-likeness (QED) is 0.238. The van der Waals surface area contributed by atoms with E-state index < -0.39 is 18.4 Å². The average Bonchev–Trinajstić information content (AvgIpc) is 2.94. The lowest BCUT2D eigenvalue weighted by Gasteiger charge is -2.22. The monoisotopic (exact) mass is 545 g/mol. The fourth-order valence-electron chi connectivity index (χ4n) is 3.85. The van der Waals surface area contributed by atoms with Crippen molar-refractivity contribution in [2.45, 2.75) is 25.1 Å². The van der Waals surface area contributed by atoms with Crippen molar-refractivity contribution in [3.63, 3.8) is 0 Å². The molecule has 0 unspecified atom stereocenters. The largest absolute Gasteiger partial charge is 0.497 e. The molecule has 3 aromatic rings. The molecule has 0 aliphatic carbocycles. The van der Waals surface area contributed by atoms with E-state index in [0.29, 0.717) is 37.6 Å². The molecule has 0 aliphatic heterocycles. The van der Waals surface area contributed by atoms with Crippen molar-refractivity contribution in [1.82, 2.24) is 4.90 Å². The number of ketones is 1. The van der Waals surface area contributed by atoms with Gasteiger partial charge in [0.1, 0.15) is 30.0 Å². The number of carbonyl (C=O) groups excluding carboxylic acids is 1. The summed E-state index contributed by atoms with van der Waals surface area (Å²) >= 11 is 0. The van der Waals surface area contributed by atoms with E-state index in [0.717, 1.165) is 22.6 Å². The molecule has 0 fully saturated rings. The van der Waals surface area contributed by atoms with Crippen LogP contribution in [0.5, 0.6) is 17.2 Å². The molecule has 0 atom stereocenters. The summed E-state index contributed by atoms with van der Waals surface area (Å²) in [7, 11) is 5.24. The number of benzene rings is 3. The molecular weight excluding hydrogens is 511 g/mol. The summed E-state index contributed by atoms with van der Waals surface area (Å²) in [4.78, 5) is 13.1. The second kappa shape index (κ2) is 14.6. The van der Waals surface area contributed by atoms with Crippen LogP contribution < -0.4 is 14.2 Å². The lowest BCUT2D eigenvalue weighted by atomic mass is 10.0. The molecule has 0 radical (unpaired) electrons. The third-order valence-electron chi connectivity index (χ3n) is 6.22. The molecule has 0 spiro atoms. The number of aryl methyl sites for hydroxylation is 1. The highest BCUT2D eigenvalue weighted by molar-refractivity contribution is 5.84. The molecule has 0 N–H and O–H groups in total. The second-order valence-corrected chi connectivity index (χ2v) is 9.01. The van der Waals surface area contributed by atoms with Gasteiger partial charge in [-0.2, -0.15) is 13.2 Å². The van der Waals surface area contributed by atoms with Crippen LogP contribution in [0.2, 0.25) is 0 Å². The van der Waals surface area contributed by atoms with E-state index in [1.165, 1.54) is 0 Å². The predicted octanol–water partition coefficient (Wildman–Crippen LogP) is 5.88. The number of alkyl halides is 3. The SMILES string of the molecule is COc1ccc(C(OCCN(C)CCOc2ccc(CCC(=O)C(F)(F)F)cc2)c2ccc(OC)cc2)cc1. The molecule has 0 amide bonds. The summed E-state index contributed by atoms with van der Waals surface area (Å²) in [5.74, 6) is 0.454. The maximum Gasteiger partial charge on any atom is 0.449 e. The topological polar surface area (TPSA) is 57.2 Å². The van der Waals surface area contributed by atoms with Crippen molar-refractivity contribution in [3.8, 4) is 17.2 Å². The van der Waals surface area contributed by atoms with E-state index in [2.05, 4.69) is 4.90 Å². The summed E-state index contributed by atoms with van der Waals surface area (Å²) in [6.07, 6.45) is -5.56. The van der Waals surface area contributed by atoms with Gasteiger partial charge >= 0.3 is 6.18 Å². The molecule has 3 aromatic carbocycles. The van der Waals surface area contributed by atoms with Gasteiger partial charge in [-0.1, -0.05) is 36.4 Å². The Morgan fingerprint density at radius 1 is 0.769 bits per heavy atom. The van der Waals surface area contributed by atoms with Crippen molar-refractivity contribution in [3.05, 3.63) is 89.5 Å². The Balaban J connectivity index is 1.45. The number of carbonyl (C=O) groups is 1. The van der Waals surface area contributed by atoms with Gasteiger partial charge in [0.2, 0.25) is 5.78 Å². The lowest BCUT2D eigenvalue weighted by molar-refractivity contribution is -0.171. The zero-order valence-corrected chi connectivity index (χ0v) is 22.4. The van der Waals surface area contributed by atoms with Crippen molar-refractivity contribution in [1.29, 1.82) is 0 Å². The van der Waals surface area contributed by atoms with Crippen LogP contribution in [0.3, 0.4) is 0 Å². The highest BCUT2D eigenvalue weighted by Crippen LogP contribution is 2.29. The van der Waals surface area contributed by atoms with Gasteiger partial charge in [0.15, 0.2) is 0 Å². The fraction of sp³-hybridized carbons (Fsp3) is 0.367. The second-order valence-electron chi connectivity index (χ2n) is 9.01. The number of halogens is 3. The summed E-state index contributed by atoms with van der Waals surface area (Å²) < 4.78 is 59.7. The number of nitrogens with zero attached hydrogens (tertiary/aromatic N) is 1. The lowest BCUT2D eigenvalue weighted by Crippen LogP contribution is -2.28. The molecule has 9 heteroatoms. The first-order valence-electron chi connectivity index (χ1n) is 12.6. The number of methoxy groups -OCH3 is 2. The first-order chi connectivity index (χ1) is 18.7. The number of likely N-dealkylation sites (N-methyl/N-ethyl adjacent to an activating group) is 1. The van der Waals surface area contributed by atoms with Crippen LogP contribution >= 0.6 is 0 Å². The number of ether oxygens (including phenoxy) is 4. The van der Waals surface area contributed by atoms with Crippen molar-refractivity contribution in [2.24, 2.45) is 0 Å². The van der Waals surface area contributed by atoms with Crippen LogP contribution in [-0.4, -0.2) is 64.4 Å². The van der Waals surface area contributed by atoms with Gasteiger partial charge in [-0.25, -0.2) is 0 Å². The molecule has 0 heterocycles. The average molecular weight is 546 g/mol. The van der Waals surface area contributed by atoms with Crippen molar-refractivity contribution in [2.75, 3.05) is 47.6 Å². The van der Waals surface area contributed by atoms with Gasteiger partial charge in [0, 0.05) is 19.5 Å². The van der Waals surface area contributed by atoms with Crippen LogP contribution in [0.4, 0.5) is 13.2 Å². The first-order valence-corrected chi connectivity index (χ1v) is 12.6. The van der Waals surface area contributed by atoms with Gasteiger partial charge in [0.25, 0.3) is 0 Å². The van der Waals surface area contributed by atoms with Gasteiger partial charge < -0.3 is 23.8 Å². The molecule has 0 aromatic heterocycles. The third-order valence-corrected chi connectivity index (χ3v) is 6.22. The van der Waals surface area contributed by atoms with Gasteiger partial charge in [0.05, 0.1) is 20.8 Å². The Bertz CT molecular complexity index is 1100. The smallest absolute Gasteiger partial charge is 0.449 e. The zero-order valence-electron chi connectivity index (χ0n) is 22.4. The first kappa shape index (κ1) is 30.0. The normalized spacial score (nSPS) is 11.6. The summed E-state index contributed by atoms with van der Waals surface area (Å²) in [5.41, 5.74) is 2.67. The molecule has 210 valence electrons. The van der Waals surface area contributed by atoms with Crippen LogP contribution in [0, 0.1) is 0 Å². The molecule has 0 aliphatic rings. The molecule has 6 nitrogen and oxygen atoms in total. The van der Waals surface area contributed by atoms with E-state index in [1.807, 2.05) is 55.6 Å². The molecule has 39 heavy (non-hydrogen) atoms. The number of hydrogen-bond donors (Lipinski definition) is 0. The van der Waals surface area contributed by atoms with Crippen molar-refractivity contribution < 1.29 is 36.9 Å². The van der Waals surface area contributed by atoms with E-state index >= 15 is 0 Å². The number of Topliss-reactive ketones (excluding diaryl/α,β-unsaturated/α-hetero) is 1. The minimum absolute atomic E-state index is 0.0371. The van der Waals surface area contributed by atoms with E-state index in [9.17, 15) is 18.0 Å². The predicted molar refractivity (Wildman–Crippen MR) is 143 cm³/mol. The van der Waals surface area contributed by atoms with Crippen LogP contribution in [0.25, 0.3) is 0 Å². The van der Waals surface area contributed by atoms with Crippen LogP contribution in [0.15, 0.2) is 72.8 Å². The van der Waals surface area contributed by atoms with E-state index in [4.69, 9.17) is 18.9 Å². The Morgan fingerprint density at radius 2 is 1.26 bits per heavy atom. The Morgan fingerprint density at radius 3 is 1.74 bits per heavy atom. The number of hydrogen-bond acceptors (Lipinski definition) is 6. The van der Waals surface area contributed by atoms with Gasteiger partial charge in [-0.3, -0.25) is 4.79 Å². The molecule has 0 saturated carbocycles. The highest BCUT2D eigenvalue weighted by Gasteiger charge is 2.37. The van der Waals surface area contributed by atoms with Crippen LogP contribution in [-0.2, 0) is 16.0 Å². The minimum Gasteiger partial charge on any atom is -0.497 e. The third kappa shape index (κ3) is 9.60. The van der Waals surface area contributed by atoms with Crippen molar-refractivity contribution >= 4 is 5.78 Å². The Hall–Kier alpha value is -3.56. The van der Waals surface area contributed by atoms with Gasteiger partial charge in [-0.05, 0) is 66.6 Å². The molecule has 3 rings (SSSR count). The standard InChI is InChI=1S/C30H34F3NO5/c1-34(18-20-38-27-11-4-22(5-12-27)6-17-28(35)30(31,32)33)19-21-39-29(23-7-13-25(36-2)14-8-23)24-9-15-26(37-3)16-10-24/h4-5,7-16,29H,6,17-21H2,1-3H3. The summed E-state index contributed by atoms with van der Waals surface area (Å²) in [6, 6.07) is 22.4. The minimum atomic E-state index is -4.79. The Kier molecular flexibility index (Phi) is 11.2. The number of rotatable bonds is 15. The Labute approximate surface area is 227 Å². The maximum absolute atomic E-state index is 12.4. The maximum atomic E-state index is 12.4. The van der Waals surface area contributed by atoms with Gasteiger partial charge in [-0.15, -0.1) is 0 Å². The summed E-state index contributed by atoms with van der Waals surface area (Å²) in [6.45, 7) is 2.26. The zero-order chi connectivity index (χ0) is 28.3. The molecule has 0 saturated heterocycles. The van der Waals surface area contributed by atoms with E-state index in [1.54, 1.807) is 38.5 Å².